The van der Waals surface area contributed by atoms with E-state index >= 15 is 0 Å². The number of amidine groups is 1. The molecule has 0 aliphatic carbocycles. The van der Waals surface area contributed by atoms with E-state index in [-0.39, 0.29) is 24.6 Å². The maximum absolute atomic E-state index is 11.9. The number of carbonyl (C=O) groups excluding carboxylic acids is 1. The van der Waals surface area contributed by atoms with Crippen molar-refractivity contribution in [1.82, 2.24) is 4.98 Å². The molecule has 0 bridgehead atoms. The van der Waals surface area contributed by atoms with Crippen LogP contribution in [0.4, 0.5) is 0 Å². The van der Waals surface area contributed by atoms with Crippen LogP contribution in [0, 0.1) is 0 Å². The van der Waals surface area contributed by atoms with Crippen molar-refractivity contribution in [3.63, 3.8) is 0 Å². The van der Waals surface area contributed by atoms with Crippen molar-refractivity contribution in [2.24, 2.45) is 15.9 Å². The Bertz CT molecular complexity index is 624. The Morgan fingerprint density at radius 1 is 1.26 bits per heavy atom. The summed E-state index contributed by atoms with van der Waals surface area (Å²) >= 11 is 0. The van der Waals surface area contributed by atoms with Crippen LogP contribution in [-0.2, 0) is 14.3 Å². The first-order chi connectivity index (χ1) is 11.0. The van der Waals surface area contributed by atoms with Crippen molar-refractivity contribution < 1.29 is 19.4 Å². The van der Waals surface area contributed by atoms with Crippen LogP contribution in [-0.4, -0.2) is 40.8 Å². The summed E-state index contributed by atoms with van der Waals surface area (Å²) in [6, 6.07) is 5.33. The van der Waals surface area contributed by atoms with Crippen molar-refractivity contribution in [2.75, 3.05) is 13.2 Å². The van der Waals surface area contributed by atoms with Gasteiger partial charge in [-0.1, -0.05) is 6.07 Å². The summed E-state index contributed by atoms with van der Waals surface area (Å²) in [6.45, 7) is 5.23. The van der Waals surface area contributed by atoms with Gasteiger partial charge in [-0.05, 0) is 32.9 Å². The van der Waals surface area contributed by atoms with Crippen LogP contribution in [0.5, 0.6) is 0 Å². The first-order valence-corrected chi connectivity index (χ1v) is 7.03. The second-order valence-electron chi connectivity index (χ2n) is 4.22. The van der Waals surface area contributed by atoms with E-state index < -0.39 is 11.9 Å². The number of hydrogen-bond donors (Lipinski definition) is 2. The Labute approximate surface area is 134 Å². The van der Waals surface area contributed by atoms with Gasteiger partial charge in [0, 0.05) is 6.20 Å². The average molecular weight is 320 g/mol. The number of nitrogens with two attached hydrogens (primary N) is 1. The van der Waals surface area contributed by atoms with Crippen LogP contribution < -0.4 is 5.73 Å². The van der Waals surface area contributed by atoms with Gasteiger partial charge in [-0.2, -0.15) is 5.10 Å². The summed E-state index contributed by atoms with van der Waals surface area (Å²) in [6.07, 6.45) is 1.62. The number of hydrogen-bond acceptors (Lipinski definition) is 7. The molecule has 8 heteroatoms. The lowest BCUT2D eigenvalue weighted by molar-refractivity contribution is -0.138. The van der Waals surface area contributed by atoms with Crippen molar-refractivity contribution in [2.45, 2.75) is 20.8 Å². The molecular formula is C15H20N4O4. The molecule has 0 spiro atoms. The highest BCUT2D eigenvalue weighted by Gasteiger charge is 2.22. The molecular weight excluding hydrogens is 300 g/mol. The van der Waals surface area contributed by atoms with Crippen molar-refractivity contribution in [1.29, 1.82) is 0 Å². The fourth-order valence-corrected chi connectivity index (χ4v) is 1.52. The van der Waals surface area contributed by atoms with Crippen molar-refractivity contribution >= 4 is 17.5 Å². The maximum Gasteiger partial charge on any atom is 0.349 e. The van der Waals surface area contributed by atoms with Crippen LogP contribution in [0.25, 0.3) is 0 Å². The number of aliphatic hydroxyl groups is 1. The minimum Gasteiger partial charge on any atom is -0.480 e. The van der Waals surface area contributed by atoms with Crippen LogP contribution >= 0.6 is 0 Å². The second-order valence-corrected chi connectivity index (χ2v) is 4.22. The van der Waals surface area contributed by atoms with E-state index in [0.29, 0.717) is 11.4 Å². The molecule has 23 heavy (non-hydrogen) atoms. The Hall–Kier alpha value is -2.90. The molecule has 0 saturated carbocycles. The minimum atomic E-state index is -0.842. The molecule has 1 rings (SSSR count). The lowest BCUT2D eigenvalue weighted by atomic mass is 10.2. The summed E-state index contributed by atoms with van der Waals surface area (Å²) in [5, 5.41) is 17.5. The largest absolute Gasteiger partial charge is 0.480 e. The maximum atomic E-state index is 11.9. The van der Waals surface area contributed by atoms with E-state index in [1.165, 1.54) is 0 Å². The lowest BCUT2D eigenvalue weighted by Crippen LogP contribution is -2.25. The predicted octanol–water partition coefficient (Wildman–Crippen LogP) is 1.53. The number of pyridine rings is 1. The number of aromatic nitrogens is 1. The molecule has 3 N–H and O–H groups in total. The number of aliphatic hydroxyl groups excluding tert-OH is 1. The number of carbonyl (C=O) groups is 1. The fourth-order valence-electron chi connectivity index (χ4n) is 1.52. The van der Waals surface area contributed by atoms with Gasteiger partial charge in [0.2, 0.25) is 0 Å². The molecule has 8 nitrogen and oxygen atoms in total. The Morgan fingerprint density at radius 3 is 2.52 bits per heavy atom. The number of esters is 1. The summed E-state index contributed by atoms with van der Waals surface area (Å²) in [5.41, 5.74) is 6.47. The first-order valence-electron chi connectivity index (χ1n) is 7.03. The molecule has 0 saturated heterocycles. The van der Waals surface area contributed by atoms with Crippen LogP contribution in [0.3, 0.4) is 0 Å². The van der Waals surface area contributed by atoms with E-state index in [4.69, 9.17) is 15.2 Å². The molecule has 0 atom stereocenters. The molecule has 1 aromatic heterocycles. The summed E-state index contributed by atoms with van der Waals surface area (Å²) in [4.78, 5) is 16.0. The predicted molar refractivity (Wildman–Crippen MR) is 86.0 cm³/mol. The number of rotatable bonds is 7. The third-order valence-electron chi connectivity index (χ3n) is 2.57. The third-order valence-corrected chi connectivity index (χ3v) is 2.57. The fraction of sp³-hybridized carbons (Fsp3) is 0.333. The van der Waals surface area contributed by atoms with Gasteiger partial charge < -0.3 is 20.3 Å². The second kappa shape index (κ2) is 9.19. The van der Waals surface area contributed by atoms with Gasteiger partial charge in [0.25, 0.3) is 5.95 Å². The topological polar surface area (TPSA) is 119 Å². The Morgan fingerprint density at radius 2 is 1.96 bits per heavy atom. The van der Waals surface area contributed by atoms with E-state index in [1.807, 2.05) is 0 Å². The summed E-state index contributed by atoms with van der Waals surface area (Å²) in [7, 11) is 0. The average Bonchev–Trinajstić information content (AvgIpc) is 2.54. The highest BCUT2D eigenvalue weighted by Crippen LogP contribution is 2.08. The van der Waals surface area contributed by atoms with Gasteiger partial charge in [-0.25, -0.2) is 4.79 Å². The Balaban J connectivity index is 3.11. The molecule has 0 aromatic carbocycles. The zero-order chi connectivity index (χ0) is 17.2. The van der Waals surface area contributed by atoms with E-state index in [2.05, 4.69) is 15.2 Å². The van der Waals surface area contributed by atoms with Crippen LogP contribution in [0.15, 0.2) is 46.1 Å². The molecule has 0 radical (unpaired) electrons. The van der Waals surface area contributed by atoms with Gasteiger partial charge in [-0.15, -0.1) is 5.10 Å². The van der Waals surface area contributed by atoms with Gasteiger partial charge in [0.05, 0.1) is 24.6 Å². The molecule has 124 valence electrons. The molecule has 1 aromatic rings. The Kier molecular flexibility index (Phi) is 7.25. The van der Waals surface area contributed by atoms with Crippen molar-refractivity contribution in [3.8, 4) is 0 Å². The first kappa shape index (κ1) is 18.1. The number of nitrogens with zero attached hydrogens (tertiary/aromatic N) is 3. The summed E-state index contributed by atoms with van der Waals surface area (Å²) < 4.78 is 9.72. The monoisotopic (exact) mass is 320 g/mol. The molecule has 0 fully saturated rings. The van der Waals surface area contributed by atoms with E-state index in [1.54, 1.807) is 45.2 Å². The SMILES string of the molecule is CCOC(=O)C(C(N)=NN=C(C)c1ccccn1)=C(O)OCC. The zero-order valence-electron chi connectivity index (χ0n) is 13.3. The minimum absolute atomic E-state index is 0.116. The molecule has 1 heterocycles. The van der Waals surface area contributed by atoms with Crippen LogP contribution in [0.2, 0.25) is 0 Å². The van der Waals surface area contributed by atoms with Crippen molar-refractivity contribution in [3.05, 3.63) is 41.6 Å². The van der Waals surface area contributed by atoms with Gasteiger partial charge >= 0.3 is 5.97 Å². The number of ether oxygens (including phenoxy) is 2. The molecule has 0 aliphatic heterocycles. The molecule has 0 aliphatic rings. The molecule has 0 unspecified atom stereocenters. The standard InChI is InChI=1S/C15H20N4O4/c1-4-22-14(20)12(15(21)23-5-2)13(16)19-18-10(3)11-8-6-7-9-17-11/h6-9,20H,4-5H2,1-3H3,(H2,16,19). The quantitative estimate of drug-likeness (QED) is 0.196. The lowest BCUT2D eigenvalue weighted by Gasteiger charge is -2.08. The van der Waals surface area contributed by atoms with E-state index in [9.17, 15) is 9.90 Å². The smallest absolute Gasteiger partial charge is 0.349 e. The van der Waals surface area contributed by atoms with Crippen LogP contribution in [0.1, 0.15) is 26.5 Å². The summed E-state index contributed by atoms with van der Waals surface area (Å²) in [5.74, 6) is -1.81. The van der Waals surface area contributed by atoms with E-state index in [0.717, 1.165) is 0 Å². The van der Waals surface area contributed by atoms with Gasteiger partial charge in [-0.3, -0.25) is 4.98 Å². The zero-order valence-corrected chi connectivity index (χ0v) is 13.3. The third kappa shape index (κ3) is 5.42. The molecule has 0 amide bonds. The highest BCUT2D eigenvalue weighted by atomic mass is 16.6. The normalized spacial score (nSPS) is 13.3. The highest BCUT2D eigenvalue weighted by molar-refractivity contribution is 6.18. The van der Waals surface area contributed by atoms with Gasteiger partial charge in [0.1, 0.15) is 0 Å². The van der Waals surface area contributed by atoms with Gasteiger partial charge in [0.15, 0.2) is 11.4 Å².